The van der Waals surface area contributed by atoms with Gasteiger partial charge in [-0.15, -0.1) is 12.4 Å². The van der Waals surface area contributed by atoms with Crippen LogP contribution in [0.4, 0.5) is 22.0 Å². The number of hydrogen-bond donors (Lipinski definition) is 0. The molecule has 9 heteroatoms. The molecule has 3 fully saturated rings. The van der Waals surface area contributed by atoms with E-state index in [1.165, 1.54) is 0 Å². The first-order chi connectivity index (χ1) is 10.9. The van der Waals surface area contributed by atoms with Gasteiger partial charge in [-0.3, -0.25) is 4.79 Å². The average molecular weight is 372 g/mol. The van der Waals surface area contributed by atoms with E-state index in [0.29, 0.717) is 12.5 Å². The van der Waals surface area contributed by atoms with Gasteiger partial charge in [-0.25, -0.2) is 13.2 Å². The summed E-state index contributed by atoms with van der Waals surface area (Å²) in [5, 5.41) is 0. The maximum atomic E-state index is 13.5. The lowest BCUT2D eigenvalue weighted by Gasteiger charge is -2.44. The molecule has 3 nitrogen and oxygen atoms in total. The van der Waals surface area contributed by atoms with Gasteiger partial charge in [-0.05, 0) is 37.8 Å². The Bertz CT molecular complexity index is 620. The Balaban J connectivity index is 0.00000208. The van der Waals surface area contributed by atoms with Gasteiger partial charge in [-0.2, -0.15) is 8.78 Å². The smallest absolute Gasteiger partial charge is 0.311 e. The van der Waals surface area contributed by atoms with Crippen LogP contribution >= 0.6 is 12.4 Å². The van der Waals surface area contributed by atoms with Crippen LogP contribution in [0.2, 0.25) is 0 Å². The highest BCUT2D eigenvalue weighted by atomic mass is 35.5. The lowest BCUT2D eigenvalue weighted by atomic mass is 9.77. The molecular weight excluding hydrogens is 357 g/mol. The van der Waals surface area contributed by atoms with Crippen molar-refractivity contribution in [3.8, 4) is 5.75 Å². The number of nitrogens with zero attached hydrogens (tertiary/aromatic N) is 1. The summed E-state index contributed by atoms with van der Waals surface area (Å²) in [5.41, 5.74) is 0. The van der Waals surface area contributed by atoms with E-state index in [1.807, 2.05) is 0 Å². The minimum Gasteiger partial charge on any atom is -0.420 e. The van der Waals surface area contributed by atoms with E-state index in [1.54, 1.807) is 0 Å². The molecule has 4 rings (SSSR count). The highest BCUT2D eigenvalue weighted by molar-refractivity contribution is 5.85. The molecule has 134 valence electrons. The first-order valence-electron chi connectivity index (χ1n) is 7.33. The van der Waals surface area contributed by atoms with Gasteiger partial charge in [0.2, 0.25) is 34.8 Å². The molecule has 0 radical (unpaired) electrons. The third kappa shape index (κ3) is 3.35. The van der Waals surface area contributed by atoms with Gasteiger partial charge in [0, 0.05) is 6.54 Å². The van der Waals surface area contributed by atoms with Crippen LogP contribution in [0.1, 0.15) is 19.3 Å². The van der Waals surface area contributed by atoms with Crippen LogP contribution in [0.25, 0.3) is 0 Å². The number of esters is 1. The van der Waals surface area contributed by atoms with Gasteiger partial charge in [0.15, 0.2) is 0 Å². The average Bonchev–Trinajstić information content (AvgIpc) is 2.56. The molecule has 0 aliphatic carbocycles. The molecule has 0 amide bonds. The first-order valence-corrected chi connectivity index (χ1v) is 7.33. The summed E-state index contributed by atoms with van der Waals surface area (Å²) in [6.07, 6.45) is 1.75. The fourth-order valence-electron chi connectivity index (χ4n) is 3.36. The second kappa shape index (κ2) is 7.23. The number of piperidine rings is 3. The van der Waals surface area contributed by atoms with E-state index in [4.69, 9.17) is 0 Å². The fourth-order valence-corrected chi connectivity index (χ4v) is 3.36. The summed E-state index contributed by atoms with van der Waals surface area (Å²) in [6, 6.07) is 0. The van der Waals surface area contributed by atoms with Crippen LogP contribution < -0.4 is 4.74 Å². The fraction of sp³-hybridized carbons (Fsp3) is 0.533. The first kappa shape index (κ1) is 18.9. The minimum absolute atomic E-state index is 0. The Morgan fingerprint density at radius 1 is 0.958 bits per heavy atom. The van der Waals surface area contributed by atoms with Crippen LogP contribution in [0.15, 0.2) is 0 Å². The number of rotatable bonds is 3. The third-order valence-corrected chi connectivity index (χ3v) is 4.61. The Morgan fingerprint density at radius 2 is 1.46 bits per heavy atom. The van der Waals surface area contributed by atoms with E-state index in [2.05, 4.69) is 9.64 Å². The van der Waals surface area contributed by atoms with Crippen molar-refractivity contribution in [2.75, 3.05) is 19.6 Å². The van der Waals surface area contributed by atoms with Crippen molar-refractivity contribution in [2.45, 2.75) is 19.3 Å². The predicted molar refractivity (Wildman–Crippen MR) is 76.4 cm³/mol. The molecule has 0 spiro atoms. The van der Waals surface area contributed by atoms with Crippen LogP contribution in [-0.2, 0) is 4.79 Å². The van der Waals surface area contributed by atoms with Crippen molar-refractivity contribution in [2.24, 2.45) is 11.8 Å². The summed E-state index contributed by atoms with van der Waals surface area (Å²) < 4.78 is 70.5. The van der Waals surface area contributed by atoms with Gasteiger partial charge >= 0.3 is 5.97 Å². The molecule has 3 aliphatic heterocycles. The summed E-state index contributed by atoms with van der Waals surface area (Å²) in [4.78, 5) is 14.0. The molecule has 3 saturated heterocycles. The standard InChI is InChI=1S/C15H14F5NO2.ClH/c16-10-11(17)13(19)15(14(20)12(10)18)23-9(22)5-8-6-21-3-1-7(8)2-4-21;/h7-8H,1-6H2;1H. The molecule has 3 heterocycles. The molecule has 0 aromatic heterocycles. The monoisotopic (exact) mass is 371 g/mol. The van der Waals surface area contributed by atoms with Crippen molar-refractivity contribution in [1.82, 2.24) is 4.90 Å². The van der Waals surface area contributed by atoms with Crippen LogP contribution in [-0.4, -0.2) is 30.5 Å². The molecule has 1 aromatic rings. The van der Waals surface area contributed by atoms with E-state index in [9.17, 15) is 26.7 Å². The Hall–Kier alpha value is -1.41. The SMILES string of the molecule is Cl.O=C(CC1CN2CCC1CC2)Oc1c(F)c(F)c(F)c(F)c1F. The zero-order valence-corrected chi connectivity index (χ0v) is 13.3. The molecule has 3 aliphatic rings. The van der Waals surface area contributed by atoms with Crippen molar-refractivity contribution in [3.05, 3.63) is 29.1 Å². The molecule has 0 saturated carbocycles. The summed E-state index contributed by atoms with van der Waals surface area (Å²) in [7, 11) is 0. The zero-order valence-electron chi connectivity index (χ0n) is 12.5. The summed E-state index contributed by atoms with van der Waals surface area (Å²) >= 11 is 0. The Labute approximate surface area is 141 Å². The predicted octanol–water partition coefficient (Wildman–Crippen LogP) is 3.44. The molecule has 0 N–H and O–H groups in total. The van der Waals surface area contributed by atoms with E-state index < -0.39 is 40.8 Å². The molecular formula is C15H15ClF5NO2. The van der Waals surface area contributed by atoms with E-state index in [-0.39, 0.29) is 24.7 Å². The van der Waals surface area contributed by atoms with E-state index >= 15 is 0 Å². The number of benzene rings is 1. The van der Waals surface area contributed by atoms with Gasteiger partial charge in [0.05, 0.1) is 6.42 Å². The normalized spacial score (nSPS) is 25.3. The number of ether oxygens (including phenoxy) is 1. The van der Waals surface area contributed by atoms with Crippen LogP contribution in [0.5, 0.6) is 5.75 Å². The second-order valence-corrected chi connectivity index (χ2v) is 5.98. The number of halogens is 6. The number of hydrogen-bond acceptors (Lipinski definition) is 3. The van der Waals surface area contributed by atoms with Crippen LogP contribution in [0, 0.1) is 40.9 Å². The molecule has 2 bridgehead atoms. The molecule has 1 atom stereocenters. The van der Waals surface area contributed by atoms with Crippen molar-refractivity contribution in [1.29, 1.82) is 0 Å². The van der Waals surface area contributed by atoms with Crippen LogP contribution in [0.3, 0.4) is 0 Å². The molecule has 24 heavy (non-hydrogen) atoms. The topological polar surface area (TPSA) is 29.5 Å². The largest absolute Gasteiger partial charge is 0.420 e. The Kier molecular flexibility index (Phi) is 5.70. The number of carbonyl (C=O) groups is 1. The van der Waals surface area contributed by atoms with Gasteiger partial charge < -0.3 is 9.64 Å². The lowest BCUT2D eigenvalue weighted by molar-refractivity contribution is -0.137. The number of fused-ring (bicyclic) bond motifs is 3. The second-order valence-electron chi connectivity index (χ2n) is 5.98. The maximum absolute atomic E-state index is 13.5. The quantitative estimate of drug-likeness (QED) is 0.268. The lowest BCUT2D eigenvalue weighted by Crippen LogP contribution is -2.48. The molecule has 1 unspecified atom stereocenters. The number of carbonyl (C=O) groups excluding carboxylic acids is 1. The van der Waals surface area contributed by atoms with Gasteiger partial charge in [-0.1, -0.05) is 0 Å². The summed E-state index contributed by atoms with van der Waals surface area (Å²) in [6.45, 7) is 2.58. The van der Waals surface area contributed by atoms with Crippen molar-refractivity contribution >= 4 is 18.4 Å². The van der Waals surface area contributed by atoms with Gasteiger partial charge in [0.1, 0.15) is 0 Å². The van der Waals surface area contributed by atoms with Crippen molar-refractivity contribution in [3.63, 3.8) is 0 Å². The zero-order chi connectivity index (χ0) is 16.7. The van der Waals surface area contributed by atoms with Gasteiger partial charge in [0.25, 0.3) is 0 Å². The summed E-state index contributed by atoms with van der Waals surface area (Å²) in [5.74, 6) is -13.0. The minimum atomic E-state index is -2.28. The highest BCUT2D eigenvalue weighted by Crippen LogP contribution is 2.35. The van der Waals surface area contributed by atoms with Crippen molar-refractivity contribution < 1.29 is 31.5 Å². The van der Waals surface area contributed by atoms with E-state index in [0.717, 1.165) is 25.9 Å². The Morgan fingerprint density at radius 3 is 1.92 bits per heavy atom. The highest BCUT2D eigenvalue weighted by Gasteiger charge is 2.36. The third-order valence-electron chi connectivity index (χ3n) is 4.61. The maximum Gasteiger partial charge on any atom is 0.311 e. The molecule has 1 aromatic carbocycles.